The molecule has 2 aromatic heterocycles. The number of aromatic nitrogens is 4. The highest BCUT2D eigenvalue weighted by atomic mass is 32.2. The molecule has 0 spiro atoms. The number of fused-ring (bicyclic) bond motifs is 1. The number of nitrogens with one attached hydrogen (secondary N) is 1. The van der Waals surface area contributed by atoms with Crippen molar-refractivity contribution in [1.29, 1.82) is 0 Å². The van der Waals surface area contributed by atoms with Crippen molar-refractivity contribution in [3.8, 4) is 0 Å². The van der Waals surface area contributed by atoms with Crippen molar-refractivity contribution in [2.45, 2.75) is 25.6 Å². The molecule has 0 radical (unpaired) electrons. The van der Waals surface area contributed by atoms with E-state index in [9.17, 15) is 13.6 Å². The van der Waals surface area contributed by atoms with E-state index in [0.29, 0.717) is 22.4 Å². The number of benzene rings is 1. The average molecular weight is 365 g/mol. The van der Waals surface area contributed by atoms with E-state index in [4.69, 9.17) is 0 Å². The van der Waals surface area contributed by atoms with Crippen LogP contribution in [0.3, 0.4) is 0 Å². The lowest BCUT2D eigenvalue weighted by molar-refractivity contribution is -0.113. The molecule has 0 aliphatic heterocycles. The molecule has 0 saturated carbocycles. The smallest absolute Gasteiger partial charge is 0.321 e. The number of carbonyl (C=O) groups excluding carboxylic acids is 1. The van der Waals surface area contributed by atoms with E-state index >= 15 is 0 Å². The van der Waals surface area contributed by atoms with Crippen LogP contribution in [0.15, 0.2) is 29.4 Å². The van der Waals surface area contributed by atoms with Gasteiger partial charge in [0.05, 0.1) is 33.9 Å². The third-order valence-electron chi connectivity index (χ3n) is 3.86. The summed E-state index contributed by atoms with van der Waals surface area (Å²) >= 11 is 0.980. The molecule has 2 heterocycles. The second-order valence-corrected chi connectivity index (χ2v) is 6.48. The average Bonchev–Trinajstić information content (AvgIpc) is 3.05. The van der Waals surface area contributed by atoms with Gasteiger partial charge in [-0.05, 0) is 26.0 Å². The van der Waals surface area contributed by atoms with Gasteiger partial charge in [0.15, 0.2) is 5.16 Å². The molecule has 1 N–H and O–H groups in total. The number of imidazole rings is 1. The van der Waals surface area contributed by atoms with Crippen LogP contribution in [0, 0.1) is 13.8 Å². The fourth-order valence-corrected chi connectivity index (χ4v) is 3.39. The summed E-state index contributed by atoms with van der Waals surface area (Å²) in [4.78, 5) is 16.4. The summed E-state index contributed by atoms with van der Waals surface area (Å²) in [6, 6.07) is 6.67. The Labute approximate surface area is 147 Å². The number of anilines is 1. The number of thioether (sulfide) groups is 1. The van der Waals surface area contributed by atoms with Gasteiger partial charge in [-0.25, -0.2) is 4.98 Å². The number of carbonyl (C=O) groups is 1. The second-order valence-electron chi connectivity index (χ2n) is 5.54. The Morgan fingerprint density at radius 2 is 2.04 bits per heavy atom. The quantitative estimate of drug-likeness (QED) is 0.703. The highest BCUT2D eigenvalue weighted by molar-refractivity contribution is 7.99. The number of hydrogen-bond donors (Lipinski definition) is 1. The van der Waals surface area contributed by atoms with Crippen molar-refractivity contribution in [3.05, 3.63) is 35.7 Å². The highest BCUT2D eigenvalue weighted by Gasteiger charge is 2.19. The SMILES string of the molecule is Cc1nn(C)c(C)c1NC(=O)CSc1nc2ccccc2n1C(F)F. The van der Waals surface area contributed by atoms with Crippen molar-refractivity contribution >= 4 is 34.4 Å². The molecule has 0 saturated heterocycles. The number of para-hydroxylation sites is 2. The molecule has 0 unspecified atom stereocenters. The minimum absolute atomic E-state index is 0.0240. The van der Waals surface area contributed by atoms with E-state index in [0.717, 1.165) is 22.0 Å². The molecule has 6 nitrogen and oxygen atoms in total. The first-order valence-electron chi connectivity index (χ1n) is 7.56. The number of alkyl halides is 2. The lowest BCUT2D eigenvalue weighted by Gasteiger charge is -2.08. The van der Waals surface area contributed by atoms with Crippen molar-refractivity contribution in [2.24, 2.45) is 7.05 Å². The van der Waals surface area contributed by atoms with Crippen LogP contribution in [-0.4, -0.2) is 31.0 Å². The number of rotatable bonds is 5. The maximum Gasteiger partial charge on any atom is 0.321 e. The molecule has 9 heteroatoms. The minimum Gasteiger partial charge on any atom is -0.322 e. The molecule has 0 fully saturated rings. The van der Waals surface area contributed by atoms with Crippen LogP contribution in [-0.2, 0) is 11.8 Å². The largest absolute Gasteiger partial charge is 0.322 e. The van der Waals surface area contributed by atoms with Gasteiger partial charge in [0, 0.05) is 7.05 Å². The Morgan fingerprint density at radius 1 is 1.32 bits per heavy atom. The minimum atomic E-state index is -2.72. The highest BCUT2D eigenvalue weighted by Crippen LogP contribution is 2.29. The van der Waals surface area contributed by atoms with Gasteiger partial charge < -0.3 is 5.32 Å². The summed E-state index contributed by atoms with van der Waals surface area (Å²) in [6.07, 6.45) is 0. The zero-order valence-electron chi connectivity index (χ0n) is 14.0. The zero-order chi connectivity index (χ0) is 18.1. The van der Waals surface area contributed by atoms with Crippen LogP contribution in [0.1, 0.15) is 17.9 Å². The number of nitrogens with zero attached hydrogens (tertiary/aromatic N) is 4. The third kappa shape index (κ3) is 3.37. The van der Waals surface area contributed by atoms with E-state index in [1.165, 1.54) is 0 Å². The molecule has 0 bridgehead atoms. The summed E-state index contributed by atoms with van der Waals surface area (Å²) in [6.45, 7) is 0.922. The molecule has 3 rings (SSSR count). The van der Waals surface area contributed by atoms with Crippen molar-refractivity contribution in [3.63, 3.8) is 0 Å². The zero-order valence-corrected chi connectivity index (χ0v) is 14.8. The number of amides is 1. The monoisotopic (exact) mass is 365 g/mol. The molecule has 0 aliphatic rings. The van der Waals surface area contributed by atoms with E-state index in [2.05, 4.69) is 15.4 Å². The van der Waals surface area contributed by atoms with Gasteiger partial charge in [0.25, 0.3) is 0 Å². The second kappa shape index (κ2) is 6.83. The molecular weight excluding hydrogens is 348 g/mol. The van der Waals surface area contributed by atoms with Gasteiger partial charge in [-0.3, -0.25) is 14.0 Å². The van der Waals surface area contributed by atoms with Crippen LogP contribution in [0.2, 0.25) is 0 Å². The number of halogens is 2. The Morgan fingerprint density at radius 3 is 2.68 bits per heavy atom. The van der Waals surface area contributed by atoms with E-state index in [-0.39, 0.29) is 16.8 Å². The van der Waals surface area contributed by atoms with Crippen LogP contribution in [0.25, 0.3) is 11.0 Å². The number of hydrogen-bond acceptors (Lipinski definition) is 4. The summed E-state index contributed by atoms with van der Waals surface area (Å²) in [5.74, 6) is -0.318. The Kier molecular flexibility index (Phi) is 4.76. The maximum atomic E-state index is 13.4. The molecule has 0 atom stereocenters. The maximum absolute atomic E-state index is 13.4. The summed E-state index contributed by atoms with van der Waals surface area (Å²) in [7, 11) is 1.79. The van der Waals surface area contributed by atoms with Crippen LogP contribution >= 0.6 is 11.8 Å². The topological polar surface area (TPSA) is 64.7 Å². The normalized spacial score (nSPS) is 11.4. The van der Waals surface area contributed by atoms with Gasteiger partial charge in [0.2, 0.25) is 5.91 Å². The van der Waals surface area contributed by atoms with E-state index in [1.54, 1.807) is 42.9 Å². The van der Waals surface area contributed by atoms with Crippen LogP contribution < -0.4 is 5.32 Å². The lowest BCUT2D eigenvalue weighted by atomic mass is 10.3. The molecule has 3 aromatic rings. The van der Waals surface area contributed by atoms with E-state index in [1.807, 2.05) is 6.92 Å². The van der Waals surface area contributed by atoms with Gasteiger partial charge in [-0.1, -0.05) is 23.9 Å². The predicted octanol–water partition coefficient (Wildman–Crippen LogP) is 3.51. The first-order chi connectivity index (χ1) is 11.9. The molecule has 1 amide bonds. The molecule has 0 aliphatic carbocycles. The standard InChI is InChI=1S/C16H17F2N5OS/c1-9-14(10(2)22(3)21-9)20-13(24)8-25-16-19-11-6-4-5-7-12(11)23(16)15(17)18/h4-7,15H,8H2,1-3H3,(H,20,24). The fraction of sp³-hybridized carbons (Fsp3) is 0.312. The van der Waals surface area contributed by atoms with Gasteiger partial charge in [0.1, 0.15) is 0 Å². The number of aryl methyl sites for hydroxylation is 2. The van der Waals surface area contributed by atoms with Crippen molar-refractivity contribution in [2.75, 3.05) is 11.1 Å². The molecule has 1 aromatic carbocycles. The van der Waals surface area contributed by atoms with Gasteiger partial charge in [-0.2, -0.15) is 13.9 Å². The third-order valence-corrected chi connectivity index (χ3v) is 4.82. The summed E-state index contributed by atoms with van der Waals surface area (Å²) in [5, 5.41) is 7.13. The van der Waals surface area contributed by atoms with Crippen LogP contribution in [0.4, 0.5) is 14.5 Å². The first kappa shape index (κ1) is 17.4. The van der Waals surface area contributed by atoms with Crippen LogP contribution in [0.5, 0.6) is 0 Å². The Balaban J connectivity index is 1.76. The van der Waals surface area contributed by atoms with Gasteiger partial charge in [-0.15, -0.1) is 0 Å². The molecular formula is C16H17F2N5OS. The molecule has 25 heavy (non-hydrogen) atoms. The summed E-state index contributed by atoms with van der Waals surface area (Å²) in [5.41, 5.74) is 3.01. The van der Waals surface area contributed by atoms with Crippen molar-refractivity contribution in [1.82, 2.24) is 19.3 Å². The summed E-state index contributed by atoms with van der Waals surface area (Å²) < 4.78 is 29.3. The van der Waals surface area contributed by atoms with Gasteiger partial charge >= 0.3 is 6.55 Å². The lowest BCUT2D eigenvalue weighted by Crippen LogP contribution is -2.16. The Bertz CT molecular complexity index is 934. The molecule has 132 valence electrons. The van der Waals surface area contributed by atoms with Crippen molar-refractivity contribution < 1.29 is 13.6 Å². The van der Waals surface area contributed by atoms with E-state index < -0.39 is 6.55 Å². The first-order valence-corrected chi connectivity index (χ1v) is 8.55. The Hall–Kier alpha value is -2.42. The predicted molar refractivity (Wildman–Crippen MR) is 93.0 cm³/mol. The fourth-order valence-electron chi connectivity index (χ4n) is 2.57.